The fourth-order valence-electron chi connectivity index (χ4n) is 2.50. The van der Waals surface area contributed by atoms with E-state index in [1.54, 1.807) is 7.11 Å². The summed E-state index contributed by atoms with van der Waals surface area (Å²) in [6.45, 7) is 3.97. The van der Waals surface area contributed by atoms with Crippen LogP contribution in [0.25, 0.3) is 10.1 Å². The Bertz CT molecular complexity index is 1010. The number of rotatable bonds is 3. The second-order valence-electron chi connectivity index (χ2n) is 5.83. The van der Waals surface area contributed by atoms with Gasteiger partial charge in [0, 0.05) is 15.8 Å². The fraction of sp³-hybridized carbons (Fsp3) is 0.158. The molecule has 0 aliphatic heterocycles. The van der Waals surface area contributed by atoms with E-state index in [1.165, 1.54) is 11.3 Å². The summed E-state index contributed by atoms with van der Waals surface area (Å²) in [6.07, 6.45) is 0. The molecule has 0 unspecified atom stereocenters. The largest absolute Gasteiger partial charge is 0.497 e. The van der Waals surface area contributed by atoms with Gasteiger partial charge in [-0.3, -0.25) is 10.1 Å². The number of aryl methyl sites for hydroxylation is 2. The Hall–Kier alpha value is -2.15. The number of hydrogen-bond donors (Lipinski definition) is 2. The number of halogens is 1. The Balaban J connectivity index is 1.79. The number of methoxy groups -OCH3 is 1. The number of benzene rings is 2. The summed E-state index contributed by atoms with van der Waals surface area (Å²) < 4.78 is 6.10. The van der Waals surface area contributed by atoms with Crippen LogP contribution in [-0.2, 0) is 0 Å². The molecule has 1 heterocycles. The number of fused-ring (bicyclic) bond motifs is 1. The first-order valence-corrected chi connectivity index (χ1v) is 9.45. The van der Waals surface area contributed by atoms with Gasteiger partial charge in [0.25, 0.3) is 5.91 Å². The lowest BCUT2D eigenvalue weighted by Gasteiger charge is -2.12. The lowest BCUT2D eigenvalue weighted by Crippen LogP contribution is -2.34. The topological polar surface area (TPSA) is 50.4 Å². The summed E-state index contributed by atoms with van der Waals surface area (Å²) >= 11 is 13.0. The number of amides is 1. The third-order valence-corrected chi connectivity index (χ3v) is 5.77. The molecule has 26 heavy (non-hydrogen) atoms. The van der Waals surface area contributed by atoms with Gasteiger partial charge < -0.3 is 10.1 Å². The monoisotopic (exact) mass is 404 g/mol. The van der Waals surface area contributed by atoms with E-state index in [-0.39, 0.29) is 11.0 Å². The molecule has 0 bridgehead atoms. The normalized spacial score (nSPS) is 10.6. The molecule has 3 rings (SSSR count). The summed E-state index contributed by atoms with van der Waals surface area (Å²) in [7, 11) is 1.60. The third kappa shape index (κ3) is 3.82. The molecular formula is C19H17ClN2O2S2. The number of anilines is 1. The highest BCUT2D eigenvalue weighted by Crippen LogP contribution is 2.37. The van der Waals surface area contributed by atoms with Gasteiger partial charge >= 0.3 is 0 Å². The zero-order valence-electron chi connectivity index (χ0n) is 14.5. The smallest absolute Gasteiger partial charge is 0.269 e. The minimum atomic E-state index is -0.335. The Kier molecular flexibility index (Phi) is 5.46. The van der Waals surface area contributed by atoms with Crippen molar-refractivity contribution in [1.82, 2.24) is 5.32 Å². The summed E-state index contributed by atoms with van der Waals surface area (Å²) in [6, 6.07) is 11.5. The molecule has 3 aromatic rings. The van der Waals surface area contributed by atoms with E-state index in [0.717, 1.165) is 32.6 Å². The van der Waals surface area contributed by atoms with Gasteiger partial charge in [0.05, 0.1) is 12.1 Å². The van der Waals surface area contributed by atoms with Crippen molar-refractivity contribution in [2.75, 3.05) is 12.4 Å². The number of hydrogen-bond acceptors (Lipinski definition) is 4. The van der Waals surface area contributed by atoms with Crippen molar-refractivity contribution in [1.29, 1.82) is 0 Å². The van der Waals surface area contributed by atoms with E-state index in [2.05, 4.69) is 10.6 Å². The summed E-state index contributed by atoms with van der Waals surface area (Å²) in [5, 5.41) is 7.23. The van der Waals surface area contributed by atoms with Crippen LogP contribution in [0.2, 0.25) is 5.02 Å². The zero-order valence-corrected chi connectivity index (χ0v) is 16.9. The maximum Gasteiger partial charge on any atom is 0.269 e. The van der Waals surface area contributed by atoms with Gasteiger partial charge in [-0.15, -0.1) is 11.3 Å². The maximum absolute atomic E-state index is 12.6. The van der Waals surface area contributed by atoms with E-state index in [0.29, 0.717) is 9.90 Å². The van der Waals surface area contributed by atoms with Crippen molar-refractivity contribution in [2.24, 2.45) is 0 Å². The van der Waals surface area contributed by atoms with Gasteiger partial charge in [-0.25, -0.2) is 0 Å². The lowest BCUT2D eigenvalue weighted by molar-refractivity contribution is 0.0982. The minimum absolute atomic E-state index is 0.231. The quantitative estimate of drug-likeness (QED) is 0.581. The van der Waals surface area contributed by atoms with Crippen LogP contribution in [0.15, 0.2) is 36.4 Å². The van der Waals surface area contributed by atoms with Gasteiger partial charge in [0.1, 0.15) is 10.6 Å². The molecule has 2 aromatic carbocycles. The van der Waals surface area contributed by atoms with Gasteiger partial charge in [-0.2, -0.15) is 0 Å². The Morgan fingerprint density at radius 3 is 2.69 bits per heavy atom. The van der Waals surface area contributed by atoms with Crippen LogP contribution in [0.1, 0.15) is 20.8 Å². The molecule has 0 fully saturated rings. The minimum Gasteiger partial charge on any atom is -0.497 e. The molecule has 0 spiro atoms. The molecule has 0 aliphatic carbocycles. The molecule has 4 nitrogen and oxygen atoms in total. The highest BCUT2D eigenvalue weighted by Gasteiger charge is 2.18. The van der Waals surface area contributed by atoms with Crippen LogP contribution in [0.4, 0.5) is 5.69 Å². The van der Waals surface area contributed by atoms with Crippen LogP contribution in [-0.4, -0.2) is 18.1 Å². The van der Waals surface area contributed by atoms with E-state index in [4.69, 9.17) is 28.6 Å². The molecule has 0 radical (unpaired) electrons. The highest BCUT2D eigenvalue weighted by molar-refractivity contribution is 7.80. The Morgan fingerprint density at radius 2 is 1.96 bits per heavy atom. The lowest BCUT2D eigenvalue weighted by atomic mass is 10.1. The highest BCUT2D eigenvalue weighted by atomic mass is 35.5. The van der Waals surface area contributed by atoms with Crippen molar-refractivity contribution in [3.8, 4) is 5.75 Å². The number of nitrogens with one attached hydrogen (secondary N) is 2. The van der Waals surface area contributed by atoms with Crippen LogP contribution < -0.4 is 15.4 Å². The molecule has 2 N–H and O–H groups in total. The Labute approximate surface area is 166 Å². The fourth-order valence-corrected chi connectivity index (χ4v) is 4.15. The summed E-state index contributed by atoms with van der Waals surface area (Å²) in [4.78, 5) is 13.0. The van der Waals surface area contributed by atoms with Crippen LogP contribution in [0, 0.1) is 13.8 Å². The molecule has 0 atom stereocenters. The SMILES string of the molecule is COc1ccc2c(Cl)c(C(=O)NC(=S)Nc3cc(C)ccc3C)sc2c1. The molecule has 0 aliphatic rings. The molecule has 134 valence electrons. The zero-order chi connectivity index (χ0) is 18.8. The predicted octanol–water partition coefficient (Wildman–Crippen LogP) is 5.31. The van der Waals surface area contributed by atoms with E-state index in [9.17, 15) is 4.79 Å². The number of carbonyl (C=O) groups is 1. The summed E-state index contributed by atoms with van der Waals surface area (Å²) in [5.74, 6) is 0.382. The van der Waals surface area contributed by atoms with Crippen molar-refractivity contribution >= 4 is 61.9 Å². The van der Waals surface area contributed by atoms with Crippen LogP contribution in [0.5, 0.6) is 5.75 Å². The van der Waals surface area contributed by atoms with Crippen molar-refractivity contribution in [3.05, 3.63) is 57.4 Å². The van der Waals surface area contributed by atoms with Gasteiger partial charge in [0.2, 0.25) is 0 Å². The second-order valence-corrected chi connectivity index (χ2v) is 7.67. The van der Waals surface area contributed by atoms with Crippen molar-refractivity contribution in [3.63, 3.8) is 0 Å². The van der Waals surface area contributed by atoms with Crippen LogP contribution >= 0.6 is 35.2 Å². The standard InChI is InChI=1S/C19H17ClN2O2S2/c1-10-4-5-11(2)14(8-10)21-19(25)22-18(23)17-16(20)13-7-6-12(24-3)9-15(13)26-17/h4-9H,1-3H3,(H2,21,22,23,25). The predicted molar refractivity (Wildman–Crippen MR) is 113 cm³/mol. The van der Waals surface area contributed by atoms with Gasteiger partial charge in [-0.05, 0) is 61.5 Å². The molecule has 7 heteroatoms. The first-order valence-electron chi connectivity index (χ1n) is 7.84. The Morgan fingerprint density at radius 1 is 1.19 bits per heavy atom. The molecule has 1 amide bonds. The van der Waals surface area contributed by atoms with Crippen molar-refractivity contribution < 1.29 is 9.53 Å². The van der Waals surface area contributed by atoms with E-state index in [1.807, 2.05) is 50.2 Å². The van der Waals surface area contributed by atoms with Crippen LogP contribution in [0.3, 0.4) is 0 Å². The molecular weight excluding hydrogens is 388 g/mol. The maximum atomic E-state index is 12.6. The average Bonchev–Trinajstić information content (AvgIpc) is 2.94. The van der Waals surface area contributed by atoms with Gasteiger partial charge in [0.15, 0.2) is 5.11 Å². The van der Waals surface area contributed by atoms with E-state index < -0.39 is 0 Å². The third-order valence-electron chi connectivity index (χ3n) is 3.91. The average molecular weight is 405 g/mol. The number of carbonyl (C=O) groups excluding carboxylic acids is 1. The first-order chi connectivity index (χ1) is 12.4. The first kappa shape index (κ1) is 18.6. The number of thiophene rings is 1. The number of ether oxygens (including phenoxy) is 1. The molecule has 1 aromatic heterocycles. The number of thiocarbonyl (C=S) groups is 1. The van der Waals surface area contributed by atoms with E-state index >= 15 is 0 Å². The van der Waals surface area contributed by atoms with Gasteiger partial charge in [-0.1, -0.05) is 23.7 Å². The van der Waals surface area contributed by atoms with Crippen molar-refractivity contribution in [2.45, 2.75) is 13.8 Å². The molecule has 0 saturated carbocycles. The second kappa shape index (κ2) is 7.61. The summed E-state index contributed by atoms with van der Waals surface area (Å²) in [5.41, 5.74) is 3.01. The molecule has 0 saturated heterocycles.